The molecule has 2 aliphatic heterocycles. The summed E-state index contributed by atoms with van der Waals surface area (Å²) in [5, 5.41) is 18.9. The highest BCUT2D eigenvalue weighted by Gasteiger charge is 2.33. The second kappa shape index (κ2) is 9.29. The van der Waals surface area contributed by atoms with E-state index >= 15 is 0 Å². The molecule has 0 radical (unpaired) electrons. The van der Waals surface area contributed by atoms with Gasteiger partial charge in [-0.15, -0.1) is 0 Å². The van der Waals surface area contributed by atoms with Crippen LogP contribution in [0.1, 0.15) is 52.1 Å². The smallest absolute Gasteiger partial charge is 0.274 e. The molecular formula is C28H31N7O3. The largest absolute Gasteiger partial charge is 0.369 e. The minimum atomic E-state index is -0.886. The first-order valence-corrected chi connectivity index (χ1v) is 12.9. The second-order valence-corrected chi connectivity index (χ2v) is 10.2. The molecule has 10 nitrogen and oxygen atoms in total. The van der Waals surface area contributed by atoms with Gasteiger partial charge in [-0.05, 0) is 49.9 Å². The molecule has 0 spiro atoms. The van der Waals surface area contributed by atoms with Crippen LogP contribution in [0.2, 0.25) is 0 Å². The number of aliphatic hydroxyl groups excluding tert-OH is 1. The van der Waals surface area contributed by atoms with E-state index in [1.54, 1.807) is 41.2 Å². The number of hydrogen-bond donors (Lipinski definition) is 2. The van der Waals surface area contributed by atoms with Gasteiger partial charge in [-0.1, -0.05) is 0 Å². The Balaban J connectivity index is 1.39. The first-order valence-electron chi connectivity index (χ1n) is 12.9. The molecule has 0 saturated heterocycles. The van der Waals surface area contributed by atoms with E-state index in [1.807, 2.05) is 20.0 Å². The Morgan fingerprint density at radius 3 is 2.74 bits per heavy atom. The van der Waals surface area contributed by atoms with Gasteiger partial charge in [0.25, 0.3) is 5.56 Å². The molecule has 2 aliphatic rings. The van der Waals surface area contributed by atoms with Gasteiger partial charge in [0.05, 0.1) is 5.56 Å². The quantitative estimate of drug-likeness (QED) is 0.394. The lowest BCUT2D eigenvalue weighted by Crippen LogP contribution is -2.37. The van der Waals surface area contributed by atoms with Crippen molar-refractivity contribution in [3.63, 3.8) is 0 Å². The van der Waals surface area contributed by atoms with Crippen LogP contribution in [0.15, 0.2) is 41.5 Å². The summed E-state index contributed by atoms with van der Waals surface area (Å²) in [6, 6.07) is 7.46. The van der Waals surface area contributed by atoms with E-state index in [-0.39, 0.29) is 5.56 Å². The van der Waals surface area contributed by atoms with Crippen LogP contribution in [0.25, 0.3) is 11.1 Å². The molecule has 4 aromatic rings. The topological polar surface area (TPSA) is 110 Å². The zero-order valence-corrected chi connectivity index (χ0v) is 21.8. The van der Waals surface area contributed by atoms with Crippen molar-refractivity contribution in [2.75, 3.05) is 16.8 Å². The number of rotatable bonds is 5. The molecule has 0 saturated carbocycles. The van der Waals surface area contributed by atoms with Crippen LogP contribution in [-0.2, 0) is 33.5 Å². The number of fused-ring (bicyclic) bond motifs is 3. The fourth-order valence-corrected chi connectivity index (χ4v) is 5.74. The predicted molar refractivity (Wildman–Crippen MR) is 145 cm³/mol. The number of nitrogens with one attached hydrogen (secondary N) is 1. The number of aryl methyl sites for hydroxylation is 4. The van der Waals surface area contributed by atoms with E-state index < -0.39 is 6.23 Å². The molecule has 2 N–H and O–H groups in total. The Morgan fingerprint density at radius 2 is 1.97 bits per heavy atom. The Labute approximate surface area is 220 Å². The van der Waals surface area contributed by atoms with Gasteiger partial charge in [0.1, 0.15) is 11.5 Å². The standard InChI is InChI=1S/C28H31N7O3/c1-17-12-25(31-33(17)3)30-23-13-18(15-32(2)28(23)38)20-7-9-29-26(22(20)16-36)35-11-8-24-21(27(35)37)14-19-6-4-5-10-34(19)24/h7,9,12-16,27,37H,4-6,8,10-11H2,1-3H3,(H,30,31). The summed E-state index contributed by atoms with van der Waals surface area (Å²) in [6.45, 7) is 3.47. The molecule has 0 amide bonds. The average molecular weight is 514 g/mol. The van der Waals surface area contributed by atoms with Crippen LogP contribution < -0.4 is 15.8 Å². The summed E-state index contributed by atoms with van der Waals surface area (Å²) in [7, 11) is 3.51. The first-order chi connectivity index (χ1) is 18.4. The highest BCUT2D eigenvalue weighted by atomic mass is 16.3. The van der Waals surface area contributed by atoms with Gasteiger partial charge in [0, 0.05) is 80.3 Å². The van der Waals surface area contributed by atoms with E-state index in [0.717, 1.165) is 49.8 Å². The van der Waals surface area contributed by atoms with Gasteiger partial charge in [0.15, 0.2) is 18.3 Å². The van der Waals surface area contributed by atoms with E-state index in [2.05, 4.69) is 26.0 Å². The van der Waals surface area contributed by atoms with Gasteiger partial charge < -0.3 is 24.5 Å². The third-order valence-corrected chi connectivity index (χ3v) is 7.79. The summed E-state index contributed by atoms with van der Waals surface area (Å²) in [5.41, 5.74) is 6.13. The number of aromatic nitrogens is 5. The maximum Gasteiger partial charge on any atom is 0.274 e. The van der Waals surface area contributed by atoms with Crippen LogP contribution in [-0.4, -0.2) is 41.8 Å². The van der Waals surface area contributed by atoms with Crippen molar-refractivity contribution in [3.05, 3.63) is 75.2 Å². The highest BCUT2D eigenvalue weighted by Crippen LogP contribution is 2.38. The van der Waals surface area contributed by atoms with E-state index in [0.29, 0.717) is 40.6 Å². The average Bonchev–Trinajstić information content (AvgIpc) is 3.45. The lowest BCUT2D eigenvalue weighted by molar-refractivity contribution is 0.112. The van der Waals surface area contributed by atoms with E-state index in [1.165, 1.54) is 16.0 Å². The zero-order valence-electron chi connectivity index (χ0n) is 21.8. The molecule has 1 unspecified atom stereocenters. The summed E-state index contributed by atoms with van der Waals surface area (Å²) in [5.74, 6) is 0.997. The van der Waals surface area contributed by atoms with Gasteiger partial charge in [0.2, 0.25) is 0 Å². The van der Waals surface area contributed by atoms with Gasteiger partial charge in [-0.2, -0.15) is 5.10 Å². The number of carbonyl (C=O) groups excluding carboxylic acids is 1. The minimum Gasteiger partial charge on any atom is -0.369 e. The molecule has 38 heavy (non-hydrogen) atoms. The molecule has 6 rings (SSSR count). The molecule has 0 bridgehead atoms. The predicted octanol–water partition coefficient (Wildman–Crippen LogP) is 3.24. The minimum absolute atomic E-state index is 0.212. The first kappa shape index (κ1) is 24.2. The number of nitrogens with zero attached hydrogens (tertiary/aromatic N) is 6. The van der Waals surface area contributed by atoms with Crippen molar-refractivity contribution in [3.8, 4) is 11.1 Å². The maximum absolute atomic E-state index is 12.9. The lowest BCUT2D eigenvalue weighted by atomic mass is 10.0. The zero-order chi connectivity index (χ0) is 26.6. The summed E-state index contributed by atoms with van der Waals surface area (Å²) in [6.07, 6.45) is 7.36. The van der Waals surface area contributed by atoms with Crippen molar-refractivity contribution in [1.29, 1.82) is 0 Å². The molecular weight excluding hydrogens is 482 g/mol. The lowest BCUT2D eigenvalue weighted by Gasteiger charge is -2.35. The number of anilines is 3. The molecule has 10 heteroatoms. The van der Waals surface area contributed by atoms with Crippen LogP contribution >= 0.6 is 0 Å². The van der Waals surface area contributed by atoms with E-state index in [9.17, 15) is 14.7 Å². The van der Waals surface area contributed by atoms with Gasteiger partial charge >= 0.3 is 0 Å². The third kappa shape index (κ3) is 3.92. The Kier molecular flexibility index (Phi) is 5.91. The SMILES string of the molecule is Cc1cc(Nc2cc(-c3ccnc(N4CCc5c(cc6n5CCCC6)C4O)c3C=O)cn(C)c2=O)nn1C. The number of pyridine rings is 2. The number of carbonyl (C=O) groups is 1. The Morgan fingerprint density at radius 1 is 1.13 bits per heavy atom. The molecule has 0 fully saturated rings. The monoisotopic (exact) mass is 513 g/mol. The normalized spacial score (nSPS) is 16.7. The molecule has 196 valence electrons. The fraction of sp³-hybridized carbons (Fsp3) is 0.357. The molecule has 1 atom stereocenters. The number of aldehydes is 1. The molecule has 0 aromatic carbocycles. The van der Waals surface area contributed by atoms with Crippen molar-refractivity contribution in [1.82, 2.24) is 23.9 Å². The second-order valence-electron chi connectivity index (χ2n) is 10.2. The van der Waals surface area contributed by atoms with Crippen molar-refractivity contribution in [2.24, 2.45) is 14.1 Å². The van der Waals surface area contributed by atoms with Crippen molar-refractivity contribution in [2.45, 2.75) is 45.4 Å². The van der Waals surface area contributed by atoms with Crippen LogP contribution in [0, 0.1) is 6.92 Å². The van der Waals surface area contributed by atoms with Gasteiger partial charge in [-0.25, -0.2) is 4.98 Å². The third-order valence-electron chi connectivity index (χ3n) is 7.79. The van der Waals surface area contributed by atoms with Crippen molar-refractivity contribution >= 4 is 23.6 Å². The van der Waals surface area contributed by atoms with Gasteiger partial charge in [-0.3, -0.25) is 14.3 Å². The van der Waals surface area contributed by atoms with Crippen LogP contribution in [0.5, 0.6) is 0 Å². The van der Waals surface area contributed by atoms with Crippen LogP contribution in [0.4, 0.5) is 17.3 Å². The highest BCUT2D eigenvalue weighted by molar-refractivity contribution is 5.94. The maximum atomic E-state index is 12.9. The summed E-state index contributed by atoms with van der Waals surface area (Å²) in [4.78, 5) is 31.7. The van der Waals surface area contributed by atoms with Crippen LogP contribution in [0.3, 0.4) is 0 Å². The number of aliphatic hydroxyl groups is 1. The Bertz CT molecular complexity index is 1590. The summed E-state index contributed by atoms with van der Waals surface area (Å²) >= 11 is 0. The van der Waals surface area contributed by atoms with Crippen molar-refractivity contribution < 1.29 is 9.90 Å². The molecule has 0 aliphatic carbocycles. The fourth-order valence-electron chi connectivity index (χ4n) is 5.74. The molecule has 4 aromatic heterocycles. The summed E-state index contributed by atoms with van der Waals surface area (Å²) < 4.78 is 5.56. The Hall–Kier alpha value is -4.18. The number of hydrogen-bond acceptors (Lipinski definition) is 7. The molecule has 6 heterocycles. The van der Waals surface area contributed by atoms with E-state index in [4.69, 9.17) is 0 Å².